The van der Waals surface area contributed by atoms with Gasteiger partial charge in [-0.1, -0.05) is 0 Å². The zero-order chi connectivity index (χ0) is 17.1. The first-order valence-electron chi connectivity index (χ1n) is 7.39. The van der Waals surface area contributed by atoms with Crippen molar-refractivity contribution in [3.05, 3.63) is 53.0 Å². The van der Waals surface area contributed by atoms with Gasteiger partial charge >= 0.3 is 5.76 Å². The summed E-state index contributed by atoms with van der Waals surface area (Å²) in [7, 11) is 1.59. The molecular formula is C17H17N3O4. The Morgan fingerprint density at radius 3 is 2.58 bits per heavy atom. The maximum absolute atomic E-state index is 12.3. The summed E-state index contributed by atoms with van der Waals surface area (Å²) in [5.74, 6) is 0.0370. The Morgan fingerprint density at radius 1 is 1.17 bits per heavy atom. The lowest BCUT2D eigenvalue weighted by atomic mass is 10.2. The lowest BCUT2D eigenvalue weighted by Crippen LogP contribution is -2.31. The first-order valence-corrected chi connectivity index (χ1v) is 7.39. The minimum absolute atomic E-state index is 0.180. The number of nitrogens with one attached hydrogen (secondary N) is 3. The molecule has 0 aliphatic rings. The predicted molar refractivity (Wildman–Crippen MR) is 91.5 cm³/mol. The number of carbonyl (C=O) groups is 1. The first kappa shape index (κ1) is 15.7. The maximum atomic E-state index is 12.3. The fraction of sp³-hybridized carbons (Fsp3) is 0.176. The largest absolute Gasteiger partial charge is 0.497 e. The maximum Gasteiger partial charge on any atom is 0.417 e. The summed E-state index contributed by atoms with van der Waals surface area (Å²) in [4.78, 5) is 26.0. The van der Waals surface area contributed by atoms with Gasteiger partial charge in [0.15, 0.2) is 5.58 Å². The molecule has 0 aliphatic carbocycles. The lowest BCUT2D eigenvalue weighted by molar-refractivity contribution is -0.116. The number of carbonyl (C=O) groups excluding carboxylic acids is 1. The number of aromatic nitrogens is 1. The molecule has 1 heterocycles. The second-order valence-electron chi connectivity index (χ2n) is 5.31. The van der Waals surface area contributed by atoms with Crippen LogP contribution >= 0.6 is 0 Å². The third-order valence-corrected chi connectivity index (χ3v) is 3.55. The van der Waals surface area contributed by atoms with Crippen LogP contribution in [-0.2, 0) is 4.79 Å². The van der Waals surface area contributed by atoms with Crippen LogP contribution < -0.4 is 21.1 Å². The first-order chi connectivity index (χ1) is 11.5. The molecule has 1 atom stereocenters. The summed E-state index contributed by atoms with van der Waals surface area (Å²) >= 11 is 0. The van der Waals surface area contributed by atoms with Crippen molar-refractivity contribution < 1.29 is 13.9 Å². The molecule has 0 spiro atoms. The Morgan fingerprint density at radius 2 is 1.88 bits per heavy atom. The minimum atomic E-state index is -0.507. The van der Waals surface area contributed by atoms with E-state index in [4.69, 9.17) is 9.15 Å². The van der Waals surface area contributed by atoms with E-state index in [1.165, 1.54) is 0 Å². The van der Waals surface area contributed by atoms with Crippen LogP contribution in [0.3, 0.4) is 0 Å². The zero-order valence-corrected chi connectivity index (χ0v) is 13.3. The highest BCUT2D eigenvalue weighted by molar-refractivity contribution is 5.96. The third-order valence-electron chi connectivity index (χ3n) is 3.55. The van der Waals surface area contributed by atoms with E-state index in [2.05, 4.69) is 15.6 Å². The van der Waals surface area contributed by atoms with Crippen molar-refractivity contribution in [2.45, 2.75) is 13.0 Å². The summed E-state index contributed by atoms with van der Waals surface area (Å²) in [6.45, 7) is 1.75. The van der Waals surface area contributed by atoms with Crippen molar-refractivity contribution >= 4 is 28.4 Å². The Bertz CT molecular complexity index is 911. The van der Waals surface area contributed by atoms with E-state index in [9.17, 15) is 9.59 Å². The molecule has 0 fully saturated rings. The number of rotatable bonds is 5. The molecule has 1 amide bonds. The number of fused-ring (bicyclic) bond motifs is 1. The van der Waals surface area contributed by atoms with Crippen LogP contribution in [0.15, 0.2) is 51.7 Å². The van der Waals surface area contributed by atoms with Crippen LogP contribution in [0.25, 0.3) is 11.1 Å². The number of hydrogen-bond acceptors (Lipinski definition) is 5. The molecule has 3 aromatic rings. The number of benzene rings is 2. The summed E-state index contributed by atoms with van der Waals surface area (Å²) in [6, 6.07) is 11.8. The highest BCUT2D eigenvalue weighted by Crippen LogP contribution is 2.18. The van der Waals surface area contributed by atoms with Gasteiger partial charge in [-0.2, -0.15) is 0 Å². The second kappa shape index (κ2) is 6.49. The molecule has 0 bridgehead atoms. The van der Waals surface area contributed by atoms with Crippen LogP contribution in [0, 0.1) is 0 Å². The van der Waals surface area contributed by atoms with Gasteiger partial charge in [0.25, 0.3) is 0 Å². The molecule has 0 aliphatic heterocycles. The molecule has 124 valence electrons. The second-order valence-corrected chi connectivity index (χ2v) is 5.31. The van der Waals surface area contributed by atoms with Crippen molar-refractivity contribution in [2.24, 2.45) is 0 Å². The number of H-pyrrole nitrogens is 1. The fourth-order valence-electron chi connectivity index (χ4n) is 2.28. The van der Waals surface area contributed by atoms with E-state index in [1.807, 2.05) is 0 Å². The van der Waals surface area contributed by atoms with Gasteiger partial charge in [0.1, 0.15) is 11.8 Å². The molecule has 0 unspecified atom stereocenters. The lowest BCUT2D eigenvalue weighted by Gasteiger charge is -2.15. The van der Waals surface area contributed by atoms with Gasteiger partial charge in [0.05, 0.1) is 12.6 Å². The van der Waals surface area contributed by atoms with Crippen LogP contribution in [-0.4, -0.2) is 24.0 Å². The van der Waals surface area contributed by atoms with Crippen molar-refractivity contribution in [2.75, 3.05) is 17.7 Å². The molecule has 7 heteroatoms. The van der Waals surface area contributed by atoms with Gasteiger partial charge in [0, 0.05) is 11.4 Å². The summed E-state index contributed by atoms with van der Waals surface area (Å²) in [5.41, 5.74) is 2.44. The number of ether oxygens (including phenoxy) is 1. The SMILES string of the molecule is COc1ccc(NC(=O)[C@@H](C)Nc2ccc3oc(=O)[nH]c3c2)cc1. The van der Waals surface area contributed by atoms with Gasteiger partial charge in [-0.25, -0.2) is 4.79 Å². The standard InChI is InChI=1S/C17H17N3O4/c1-10(16(21)19-11-3-6-13(23-2)7-4-11)18-12-5-8-15-14(9-12)20-17(22)24-15/h3-10,18H,1-2H3,(H,19,21)(H,20,22)/t10-/m1/s1. The Hall–Kier alpha value is -3.22. The summed E-state index contributed by atoms with van der Waals surface area (Å²) in [6.07, 6.45) is 0. The Balaban J connectivity index is 1.66. The molecule has 1 aromatic heterocycles. The monoisotopic (exact) mass is 327 g/mol. The van der Waals surface area contributed by atoms with E-state index in [-0.39, 0.29) is 5.91 Å². The predicted octanol–water partition coefficient (Wildman–Crippen LogP) is 2.57. The van der Waals surface area contributed by atoms with Crippen molar-refractivity contribution in [1.82, 2.24) is 4.98 Å². The summed E-state index contributed by atoms with van der Waals surface area (Å²) in [5, 5.41) is 5.91. The molecule has 7 nitrogen and oxygen atoms in total. The number of aromatic amines is 1. The van der Waals surface area contributed by atoms with E-state index in [0.29, 0.717) is 22.5 Å². The summed E-state index contributed by atoms with van der Waals surface area (Å²) < 4.78 is 10.0. The molecular weight excluding hydrogens is 310 g/mol. The molecule has 2 aromatic carbocycles. The quantitative estimate of drug-likeness (QED) is 0.669. The molecule has 0 saturated carbocycles. The highest BCUT2D eigenvalue weighted by atomic mass is 16.5. The Labute approximate surface area is 137 Å². The number of oxazole rings is 1. The van der Waals surface area contributed by atoms with Gasteiger partial charge < -0.3 is 19.8 Å². The topological polar surface area (TPSA) is 96.4 Å². The number of hydrogen-bond donors (Lipinski definition) is 3. The van der Waals surface area contributed by atoms with Gasteiger partial charge in [-0.3, -0.25) is 9.78 Å². The van der Waals surface area contributed by atoms with Gasteiger partial charge in [0.2, 0.25) is 5.91 Å². The van der Waals surface area contributed by atoms with Crippen LogP contribution in [0.1, 0.15) is 6.92 Å². The average molecular weight is 327 g/mol. The highest BCUT2D eigenvalue weighted by Gasteiger charge is 2.13. The fourth-order valence-corrected chi connectivity index (χ4v) is 2.28. The third kappa shape index (κ3) is 3.40. The average Bonchev–Trinajstić information content (AvgIpc) is 2.94. The molecule has 0 radical (unpaired) electrons. The van der Waals surface area contributed by atoms with Crippen LogP contribution in [0.5, 0.6) is 5.75 Å². The van der Waals surface area contributed by atoms with Crippen molar-refractivity contribution in [1.29, 1.82) is 0 Å². The number of anilines is 2. The zero-order valence-electron chi connectivity index (χ0n) is 13.3. The molecule has 3 N–H and O–H groups in total. The minimum Gasteiger partial charge on any atom is -0.497 e. The van der Waals surface area contributed by atoms with E-state index >= 15 is 0 Å². The number of amides is 1. The molecule has 0 saturated heterocycles. The van der Waals surface area contributed by atoms with Gasteiger partial charge in [-0.15, -0.1) is 0 Å². The van der Waals surface area contributed by atoms with Crippen LogP contribution in [0.4, 0.5) is 11.4 Å². The van der Waals surface area contributed by atoms with E-state index in [1.54, 1.807) is 56.5 Å². The number of methoxy groups -OCH3 is 1. The van der Waals surface area contributed by atoms with Crippen molar-refractivity contribution in [3.8, 4) is 5.75 Å². The smallest absolute Gasteiger partial charge is 0.417 e. The molecule has 24 heavy (non-hydrogen) atoms. The normalized spacial score (nSPS) is 11.9. The van der Waals surface area contributed by atoms with Gasteiger partial charge in [-0.05, 0) is 49.4 Å². The van der Waals surface area contributed by atoms with E-state index < -0.39 is 11.8 Å². The van der Waals surface area contributed by atoms with E-state index in [0.717, 1.165) is 5.75 Å². The van der Waals surface area contributed by atoms with Crippen LogP contribution in [0.2, 0.25) is 0 Å². The Kier molecular flexibility index (Phi) is 4.24. The molecule has 3 rings (SSSR count). The van der Waals surface area contributed by atoms with Crippen molar-refractivity contribution in [3.63, 3.8) is 0 Å².